The molecule has 0 bridgehead atoms. The maximum Gasteiger partial charge on any atom is 0.123 e. The van der Waals surface area contributed by atoms with E-state index in [-0.39, 0.29) is 17.2 Å². The van der Waals surface area contributed by atoms with Crippen molar-refractivity contribution >= 4 is 12.2 Å². The number of aromatic hydroxyl groups is 3. The summed E-state index contributed by atoms with van der Waals surface area (Å²) in [6, 6.07) is 8.65. The lowest BCUT2D eigenvalue weighted by molar-refractivity contribution is 0.446. The van der Waals surface area contributed by atoms with E-state index >= 15 is 0 Å². The average molecular weight is 501 g/mol. The molecule has 0 heterocycles. The van der Waals surface area contributed by atoms with Gasteiger partial charge in [-0.2, -0.15) is 0 Å². The molecule has 0 amide bonds. The van der Waals surface area contributed by atoms with Crippen LogP contribution in [0, 0.1) is 0 Å². The van der Waals surface area contributed by atoms with Gasteiger partial charge in [0.25, 0.3) is 0 Å². The normalized spacial score (nSPS) is 12.2. The molecular weight excluding hydrogens is 456 g/mol. The van der Waals surface area contributed by atoms with Gasteiger partial charge in [0, 0.05) is 11.6 Å². The smallest absolute Gasteiger partial charge is 0.123 e. The van der Waals surface area contributed by atoms with E-state index < -0.39 is 0 Å². The van der Waals surface area contributed by atoms with Crippen molar-refractivity contribution < 1.29 is 15.3 Å². The fourth-order valence-electron chi connectivity index (χ4n) is 4.03. The lowest BCUT2D eigenvalue weighted by atomic mass is 9.98. The summed E-state index contributed by atoms with van der Waals surface area (Å²) >= 11 is 0. The largest absolute Gasteiger partial charge is 0.508 e. The highest BCUT2D eigenvalue weighted by molar-refractivity contribution is 5.74. The Labute approximate surface area is 223 Å². The number of hydrogen-bond acceptors (Lipinski definition) is 3. The Bertz CT molecular complexity index is 1200. The Kier molecular flexibility index (Phi) is 12.0. The van der Waals surface area contributed by atoms with Gasteiger partial charge in [-0.1, -0.05) is 64.8 Å². The van der Waals surface area contributed by atoms with Crippen LogP contribution in [0.2, 0.25) is 0 Å². The van der Waals surface area contributed by atoms with E-state index in [1.165, 1.54) is 28.4 Å². The summed E-state index contributed by atoms with van der Waals surface area (Å²) in [7, 11) is 0. The molecule has 0 unspecified atom stereocenters. The molecule has 2 aromatic carbocycles. The van der Waals surface area contributed by atoms with Gasteiger partial charge in [0.05, 0.1) is 0 Å². The predicted octanol–water partition coefficient (Wildman–Crippen LogP) is 9.44. The summed E-state index contributed by atoms with van der Waals surface area (Å²) in [6.07, 6.45) is 18.0. The SMILES string of the molecule is CC(C)=CCC/C(C)=C/Cc1cc(/C=C/c2cc(O)cc(O)c2C/C=C(\C)CCC=C(C)C)ccc1O. The van der Waals surface area contributed by atoms with Crippen LogP contribution in [0.1, 0.15) is 89.5 Å². The van der Waals surface area contributed by atoms with Gasteiger partial charge in [-0.05, 0) is 115 Å². The molecular formula is C34H44O3. The molecule has 37 heavy (non-hydrogen) atoms. The summed E-state index contributed by atoms with van der Waals surface area (Å²) in [5.74, 6) is 0.410. The van der Waals surface area contributed by atoms with Crippen LogP contribution in [0.5, 0.6) is 17.2 Å². The first-order valence-electron chi connectivity index (χ1n) is 13.2. The Morgan fingerprint density at radius 3 is 1.84 bits per heavy atom. The summed E-state index contributed by atoms with van der Waals surface area (Å²) < 4.78 is 0. The number of benzene rings is 2. The maximum atomic E-state index is 10.5. The molecule has 0 radical (unpaired) electrons. The third kappa shape index (κ3) is 11.0. The Morgan fingerprint density at radius 2 is 1.24 bits per heavy atom. The lowest BCUT2D eigenvalue weighted by Gasteiger charge is -2.09. The van der Waals surface area contributed by atoms with Crippen LogP contribution >= 0.6 is 0 Å². The monoisotopic (exact) mass is 500 g/mol. The highest BCUT2D eigenvalue weighted by atomic mass is 16.3. The number of allylic oxidation sites excluding steroid dienone is 8. The Morgan fingerprint density at radius 1 is 0.649 bits per heavy atom. The molecule has 3 N–H and O–H groups in total. The van der Waals surface area contributed by atoms with Crippen molar-refractivity contribution in [2.75, 3.05) is 0 Å². The van der Waals surface area contributed by atoms with Crippen LogP contribution in [0.25, 0.3) is 12.2 Å². The molecule has 0 saturated carbocycles. The molecule has 0 aliphatic rings. The van der Waals surface area contributed by atoms with Crippen LogP contribution in [-0.2, 0) is 12.8 Å². The Balaban J connectivity index is 2.20. The molecule has 0 spiro atoms. The second-order valence-electron chi connectivity index (χ2n) is 10.4. The van der Waals surface area contributed by atoms with Gasteiger partial charge >= 0.3 is 0 Å². The minimum atomic E-state index is 0.0327. The molecule has 0 atom stereocenters. The lowest BCUT2D eigenvalue weighted by Crippen LogP contribution is -1.91. The van der Waals surface area contributed by atoms with Gasteiger partial charge in [-0.3, -0.25) is 0 Å². The standard InChI is InChI=1S/C34H44O3/c1-24(2)9-7-11-26(5)13-17-30-21-28(16-20-33(30)36)15-18-29-22-31(35)23-34(37)32(29)19-14-27(6)12-8-10-25(3)4/h9-10,13-16,18,20-23,35-37H,7-8,11-12,17,19H2,1-6H3/b18-15+,26-13+,27-14+. The molecule has 0 aliphatic heterocycles. The van der Waals surface area contributed by atoms with Crippen LogP contribution in [0.4, 0.5) is 0 Å². The molecule has 0 saturated heterocycles. The van der Waals surface area contributed by atoms with E-state index in [0.717, 1.165) is 47.9 Å². The van der Waals surface area contributed by atoms with Crippen molar-refractivity contribution in [3.05, 3.63) is 99.2 Å². The van der Waals surface area contributed by atoms with Crippen LogP contribution < -0.4 is 0 Å². The quantitative estimate of drug-likeness (QED) is 0.201. The zero-order chi connectivity index (χ0) is 27.4. The van der Waals surface area contributed by atoms with Gasteiger partial charge < -0.3 is 15.3 Å². The minimum Gasteiger partial charge on any atom is -0.508 e. The van der Waals surface area contributed by atoms with Crippen molar-refractivity contribution in [1.29, 1.82) is 0 Å². The van der Waals surface area contributed by atoms with Crippen LogP contribution in [0.3, 0.4) is 0 Å². The van der Waals surface area contributed by atoms with E-state index in [0.29, 0.717) is 12.8 Å². The van der Waals surface area contributed by atoms with Gasteiger partial charge in [0.2, 0.25) is 0 Å². The highest BCUT2D eigenvalue weighted by Crippen LogP contribution is 2.30. The van der Waals surface area contributed by atoms with E-state index in [9.17, 15) is 15.3 Å². The topological polar surface area (TPSA) is 60.7 Å². The molecule has 3 heteroatoms. The van der Waals surface area contributed by atoms with Gasteiger partial charge in [-0.15, -0.1) is 0 Å². The maximum absolute atomic E-state index is 10.5. The summed E-state index contributed by atoms with van der Waals surface area (Å²) in [4.78, 5) is 0. The molecule has 198 valence electrons. The summed E-state index contributed by atoms with van der Waals surface area (Å²) in [5.41, 5.74) is 8.61. The second kappa shape index (κ2) is 14.9. The van der Waals surface area contributed by atoms with Gasteiger partial charge in [0.1, 0.15) is 17.2 Å². The molecule has 2 rings (SSSR count). The number of rotatable bonds is 12. The van der Waals surface area contributed by atoms with Crippen LogP contribution in [-0.4, -0.2) is 15.3 Å². The van der Waals surface area contributed by atoms with Crippen molar-refractivity contribution in [2.24, 2.45) is 0 Å². The van der Waals surface area contributed by atoms with Crippen molar-refractivity contribution in [3.8, 4) is 17.2 Å². The first-order valence-corrected chi connectivity index (χ1v) is 13.2. The first kappa shape index (κ1) is 29.8. The fourth-order valence-corrected chi connectivity index (χ4v) is 4.03. The third-order valence-electron chi connectivity index (χ3n) is 6.31. The van der Waals surface area contributed by atoms with E-state index in [4.69, 9.17) is 0 Å². The number of hydrogen-bond donors (Lipinski definition) is 3. The van der Waals surface area contributed by atoms with E-state index in [1.54, 1.807) is 12.1 Å². The van der Waals surface area contributed by atoms with E-state index in [2.05, 4.69) is 65.8 Å². The number of phenols is 3. The van der Waals surface area contributed by atoms with Crippen LogP contribution in [0.15, 0.2) is 76.9 Å². The van der Waals surface area contributed by atoms with Crippen molar-refractivity contribution in [1.82, 2.24) is 0 Å². The number of phenolic OH excluding ortho intramolecular Hbond substituents is 3. The fraction of sp³-hybridized carbons (Fsp3) is 0.353. The van der Waals surface area contributed by atoms with Gasteiger partial charge in [-0.25, -0.2) is 0 Å². The van der Waals surface area contributed by atoms with Crippen molar-refractivity contribution in [3.63, 3.8) is 0 Å². The zero-order valence-electron chi connectivity index (χ0n) is 23.4. The highest BCUT2D eigenvalue weighted by Gasteiger charge is 2.08. The summed E-state index contributed by atoms with van der Waals surface area (Å²) in [5, 5.41) is 31.0. The summed E-state index contributed by atoms with van der Waals surface area (Å²) in [6.45, 7) is 12.7. The molecule has 0 fully saturated rings. The second-order valence-corrected chi connectivity index (χ2v) is 10.4. The molecule has 3 nitrogen and oxygen atoms in total. The average Bonchev–Trinajstić information content (AvgIpc) is 2.81. The predicted molar refractivity (Wildman–Crippen MR) is 159 cm³/mol. The molecule has 0 aliphatic carbocycles. The Hall–Kier alpha value is -3.46. The van der Waals surface area contributed by atoms with E-state index in [1.807, 2.05) is 24.3 Å². The molecule has 2 aromatic rings. The van der Waals surface area contributed by atoms with Gasteiger partial charge in [0.15, 0.2) is 0 Å². The molecule has 0 aromatic heterocycles. The minimum absolute atomic E-state index is 0.0327. The first-order chi connectivity index (χ1) is 17.5. The third-order valence-corrected chi connectivity index (χ3v) is 6.31. The zero-order valence-corrected chi connectivity index (χ0v) is 23.4. The van der Waals surface area contributed by atoms with Crippen molar-refractivity contribution in [2.45, 2.75) is 80.1 Å².